The lowest BCUT2D eigenvalue weighted by Crippen LogP contribution is -2.16. The standard InChI is InChI=1S/C13H13F3N4/c1-20(10-5-3-2-4-9(10)8-17)12-7-6-11(18-19-12)13(14,15)16/h2-7H,8,17H2,1H3. The largest absolute Gasteiger partial charge is 0.435 e. The molecule has 7 heteroatoms. The molecule has 0 amide bonds. The van der Waals surface area contributed by atoms with Gasteiger partial charge in [-0.25, -0.2) is 0 Å². The fourth-order valence-electron chi connectivity index (χ4n) is 1.79. The van der Waals surface area contributed by atoms with Crippen molar-refractivity contribution in [2.75, 3.05) is 11.9 Å². The Labute approximate surface area is 114 Å². The Hall–Kier alpha value is -2.15. The van der Waals surface area contributed by atoms with Crippen molar-refractivity contribution in [2.45, 2.75) is 12.7 Å². The predicted molar refractivity (Wildman–Crippen MR) is 69.4 cm³/mol. The third kappa shape index (κ3) is 2.88. The minimum atomic E-state index is -4.49. The van der Waals surface area contributed by atoms with E-state index in [9.17, 15) is 13.2 Å². The van der Waals surface area contributed by atoms with E-state index >= 15 is 0 Å². The van der Waals surface area contributed by atoms with Crippen molar-refractivity contribution in [1.29, 1.82) is 0 Å². The van der Waals surface area contributed by atoms with E-state index in [2.05, 4.69) is 10.2 Å². The summed E-state index contributed by atoms with van der Waals surface area (Å²) in [5.41, 5.74) is 6.28. The summed E-state index contributed by atoms with van der Waals surface area (Å²) in [4.78, 5) is 1.65. The molecule has 106 valence electrons. The van der Waals surface area contributed by atoms with Gasteiger partial charge in [-0.15, -0.1) is 10.2 Å². The third-order valence-electron chi connectivity index (χ3n) is 2.86. The van der Waals surface area contributed by atoms with Crippen LogP contribution in [0.25, 0.3) is 0 Å². The van der Waals surface area contributed by atoms with Crippen molar-refractivity contribution in [1.82, 2.24) is 10.2 Å². The molecular formula is C13H13F3N4. The van der Waals surface area contributed by atoms with E-state index < -0.39 is 11.9 Å². The highest BCUT2D eigenvalue weighted by atomic mass is 19.4. The zero-order chi connectivity index (χ0) is 14.8. The molecule has 0 unspecified atom stereocenters. The molecule has 0 radical (unpaired) electrons. The van der Waals surface area contributed by atoms with Crippen molar-refractivity contribution in [3.8, 4) is 0 Å². The summed E-state index contributed by atoms with van der Waals surface area (Å²) < 4.78 is 37.3. The van der Waals surface area contributed by atoms with Crippen LogP contribution in [0.1, 0.15) is 11.3 Å². The first-order valence-electron chi connectivity index (χ1n) is 5.86. The Morgan fingerprint density at radius 3 is 2.35 bits per heavy atom. The number of hydrogen-bond donors (Lipinski definition) is 1. The van der Waals surface area contributed by atoms with Crippen molar-refractivity contribution in [3.05, 3.63) is 47.7 Å². The van der Waals surface area contributed by atoms with Gasteiger partial charge in [-0.05, 0) is 23.8 Å². The van der Waals surface area contributed by atoms with Crippen LogP contribution in [0.2, 0.25) is 0 Å². The van der Waals surface area contributed by atoms with Gasteiger partial charge < -0.3 is 10.6 Å². The molecule has 0 atom stereocenters. The first-order valence-corrected chi connectivity index (χ1v) is 5.86. The van der Waals surface area contributed by atoms with E-state index in [0.717, 1.165) is 17.3 Å². The minimum Gasteiger partial charge on any atom is -0.328 e. The van der Waals surface area contributed by atoms with Crippen molar-refractivity contribution in [3.63, 3.8) is 0 Å². The lowest BCUT2D eigenvalue weighted by Gasteiger charge is -2.20. The number of para-hydroxylation sites is 1. The highest BCUT2D eigenvalue weighted by molar-refractivity contribution is 5.62. The molecular weight excluding hydrogens is 269 g/mol. The number of nitrogens with two attached hydrogens (primary N) is 1. The van der Waals surface area contributed by atoms with Gasteiger partial charge in [0.15, 0.2) is 11.5 Å². The van der Waals surface area contributed by atoms with Crippen molar-refractivity contribution < 1.29 is 13.2 Å². The zero-order valence-corrected chi connectivity index (χ0v) is 10.7. The lowest BCUT2D eigenvalue weighted by atomic mass is 10.1. The average molecular weight is 282 g/mol. The van der Waals surface area contributed by atoms with Gasteiger partial charge >= 0.3 is 6.18 Å². The maximum Gasteiger partial charge on any atom is 0.435 e. The zero-order valence-electron chi connectivity index (χ0n) is 10.7. The van der Waals surface area contributed by atoms with E-state index in [1.54, 1.807) is 11.9 Å². The molecule has 1 aromatic heterocycles. The molecule has 0 saturated carbocycles. The molecule has 2 aromatic rings. The van der Waals surface area contributed by atoms with Crippen LogP contribution in [-0.4, -0.2) is 17.2 Å². The summed E-state index contributed by atoms with van der Waals surface area (Å²) in [6, 6.07) is 9.53. The molecule has 0 spiro atoms. The van der Waals surface area contributed by atoms with E-state index in [4.69, 9.17) is 5.73 Å². The van der Waals surface area contributed by atoms with Gasteiger partial charge in [0.1, 0.15) is 0 Å². The van der Waals surface area contributed by atoms with Gasteiger partial charge in [0, 0.05) is 19.3 Å². The second kappa shape index (κ2) is 5.46. The highest BCUT2D eigenvalue weighted by Crippen LogP contribution is 2.29. The molecule has 0 fully saturated rings. The minimum absolute atomic E-state index is 0.318. The van der Waals surface area contributed by atoms with Gasteiger partial charge in [0.2, 0.25) is 0 Å². The summed E-state index contributed by atoms with van der Waals surface area (Å²) >= 11 is 0. The van der Waals surface area contributed by atoms with Crippen LogP contribution in [0.15, 0.2) is 36.4 Å². The summed E-state index contributed by atoms with van der Waals surface area (Å²) in [5.74, 6) is 0.318. The summed E-state index contributed by atoms with van der Waals surface area (Å²) in [7, 11) is 1.70. The van der Waals surface area contributed by atoms with Gasteiger partial charge in [0.25, 0.3) is 0 Å². The molecule has 0 aliphatic carbocycles. The SMILES string of the molecule is CN(c1ccc(C(F)(F)F)nn1)c1ccccc1CN. The predicted octanol–water partition coefficient (Wildman–Crippen LogP) is 2.72. The number of benzene rings is 1. The second-order valence-corrected chi connectivity index (χ2v) is 4.17. The smallest absolute Gasteiger partial charge is 0.328 e. The topological polar surface area (TPSA) is 55.0 Å². The first kappa shape index (κ1) is 14.3. The molecule has 0 saturated heterocycles. The second-order valence-electron chi connectivity index (χ2n) is 4.17. The van der Waals surface area contributed by atoms with E-state index in [1.165, 1.54) is 6.07 Å². The Morgan fingerprint density at radius 2 is 1.80 bits per heavy atom. The molecule has 1 heterocycles. The Morgan fingerprint density at radius 1 is 1.10 bits per heavy atom. The Bertz CT molecular complexity index is 581. The molecule has 20 heavy (non-hydrogen) atoms. The van der Waals surface area contributed by atoms with Crippen LogP contribution < -0.4 is 10.6 Å². The number of halogens is 3. The molecule has 4 nitrogen and oxygen atoms in total. The molecule has 0 aliphatic rings. The molecule has 0 bridgehead atoms. The normalized spacial score (nSPS) is 11.4. The van der Waals surface area contributed by atoms with Gasteiger partial charge in [-0.1, -0.05) is 18.2 Å². The summed E-state index contributed by atoms with van der Waals surface area (Å²) in [6.07, 6.45) is -4.49. The third-order valence-corrected chi connectivity index (χ3v) is 2.86. The molecule has 0 aliphatic heterocycles. The van der Waals surface area contributed by atoms with Crippen LogP contribution in [0.4, 0.5) is 24.7 Å². The highest BCUT2D eigenvalue weighted by Gasteiger charge is 2.33. The molecule has 2 rings (SSSR count). The fraction of sp³-hybridized carbons (Fsp3) is 0.231. The van der Waals surface area contributed by atoms with E-state index in [-0.39, 0.29) is 0 Å². The average Bonchev–Trinajstić information content (AvgIpc) is 2.45. The Kier molecular flexibility index (Phi) is 3.89. The quantitative estimate of drug-likeness (QED) is 0.940. The molecule has 1 aromatic carbocycles. The lowest BCUT2D eigenvalue weighted by molar-refractivity contribution is -0.141. The number of alkyl halides is 3. The maximum absolute atomic E-state index is 12.4. The Balaban J connectivity index is 2.32. The van der Waals surface area contributed by atoms with Crippen molar-refractivity contribution >= 4 is 11.5 Å². The van der Waals surface area contributed by atoms with Gasteiger partial charge in [-0.2, -0.15) is 13.2 Å². The van der Waals surface area contributed by atoms with Gasteiger partial charge in [-0.3, -0.25) is 0 Å². The molecule has 2 N–H and O–H groups in total. The van der Waals surface area contributed by atoms with Crippen LogP contribution >= 0.6 is 0 Å². The number of anilines is 2. The summed E-state index contributed by atoms with van der Waals surface area (Å²) in [6.45, 7) is 0.328. The first-order chi connectivity index (χ1) is 9.43. The maximum atomic E-state index is 12.4. The van der Waals surface area contributed by atoms with Crippen LogP contribution in [-0.2, 0) is 12.7 Å². The van der Waals surface area contributed by atoms with Gasteiger partial charge in [0.05, 0.1) is 0 Å². The number of nitrogens with zero attached hydrogens (tertiary/aromatic N) is 3. The van der Waals surface area contributed by atoms with Crippen LogP contribution in [0.3, 0.4) is 0 Å². The number of rotatable bonds is 3. The van der Waals surface area contributed by atoms with Crippen LogP contribution in [0.5, 0.6) is 0 Å². The van der Waals surface area contributed by atoms with Crippen LogP contribution in [0, 0.1) is 0 Å². The van der Waals surface area contributed by atoms with E-state index in [0.29, 0.717) is 12.4 Å². The monoisotopic (exact) mass is 282 g/mol. The number of aromatic nitrogens is 2. The summed E-state index contributed by atoms with van der Waals surface area (Å²) in [5, 5.41) is 6.82. The van der Waals surface area contributed by atoms with Crippen molar-refractivity contribution in [2.24, 2.45) is 5.73 Å². The number of hydrogen-bond acceptors (Lipinski definition) is 4. The van der Waals surface area contributed by atoms with E-state index in [1.807, 2.05) is 24.3 Å². The fourth-order valence-corrected chi connectivity index (χ4v) is 1.79.